The predicted molar refractivity (Wildman–Crippen MR) is 64.4 cm³/mol. The van der Waals surface area contributed by atoms with Gasteiger partial charge >= 0.3 is 0 Å². The van der Waals surface area contributed by atoms with Gasteiger partial charge in [-0.1, -0.05) is 0 Å². The standard InChI is InChI=1S/C11H13N3O4/c15-10-4-3-7(14(17)18)6-9(10)13-11(16)8-2-1-5-12-8/h3-4,6,8,12,15H,1-2,5H2,(H,13,16). The summed E-state index contributed by atoms with van der Waals surface area (Å²) in [6.07, 6.45) is 1.64. The van der Waals surface area contributed by atoms with E-state index in [0.29, 0.717) is 0 Å². The van der Waals surface area contributed by atoms with E-state index in [4.69, 9.17) is 0 Å². The van der Waals surface area contributed by atoms with E-state index in [1.807, 2.05) is 0 Å². The van der Waals surface area contributed by atoms with Gasteiger partial charge in [0.05, 0.1) is 16.7 Å². The molecule has 1 aliphatic rings. The third-order valence-corrected chi connectivity index (χ3v) is 2.83. The summed E-state index contributed by atoms with van der Waals surface area (Å²) < 4.78 is 0. The molecular weight excluding hydrogens is 238 g/mol. The summed E-state index contributed by atoms with van der Waals surface area (Å²) >= 11 is 0. The third-order valence-electron chi connectivity index (χ3n) is 2.83. The number of rotatable bonds is 3. The lowest BCUT2D eigenvalue weighted by Gasteiger charge is -2.11. The molecule has 0 bridgehead atoms. The minimum Gasteiger partial charge on any atom is -0.506 e. The summed E-state index contributed by atoms with van der Waals surface area (Å²) in [6.45, 7) is 0.777. The zero-order valence-corrected chi connectivity index (χ0v) is 9.55. The Morgan fingerprint density at radius 1 is 1.56 bits per heavy atom. The van der Waals surface area contributed by atoms with Gasteiger partial charge in [-0.05, 0) is 25.5 Å². The second-order valence-corrected chi connectivity index (χ2v) is 4.10. The first-order valence-electron chi connectivity index (χ1n) is 5.59. The molecule has 0 spiro atoms. The van der Waals surface area contributed by atoms with Crippen molar-refractivity contribution < 1.29 is 14.8 Å². The number of phenols is 1. The molecule has 0 aliphatic carbocycles. The van der Waals surface area contributed by atoms with Gasteiger partial charge in [-0.3, -0.25) is 14.9 Å². The maximum absolute atomic E-state index is 11.8. The molecule has 2 rings (SSSR count). The number of carbonyl (C=O) groups is 1. The van der Waals surface area contributed by atoms with Gasteiger partial charge in [-0.2, -0.15) is 0 Å². The van der Waals surface area contributed by atoms with E-state index in [-0.39, 0.29) is 29.1 Å². The minimum atomic E-state index is -0.580. The van der Waals surface area contributed by atoms with Crippen molar-refractivity contribution in [3.8, 4) is 5.75 Å². The maximum Gasteiger partial charge on any atom is 0.271 e. The van der Waals surface area contributed by atoms with E-state index >= 15 is 0 Å². The normalized spacial score (nSPS) is 18.6. The van der Waals surface area contributed by atoms with Crippen LogP contribution in [0.3, 0.4) is 0 Å². The first kappa shape index (κ1) is 12.3. The number of nitro benzene ring substituents is 1. The number of amides is 1. The van der Waals surface area contributed by atoms with Gasteiger partial charge in [-0.25, -0.2) is 0 Å². The highest BCUT2D eigenvalue weighted by molar-refractivity contribution is 5.96. The third kappa shape index (κ3) is 2.57. The number of hydrogen-bond donors (Lipinski definition) is 3. The van der Waals surface area contributed by atoms with Crippen molar-refractivity contribution in [2.75, 3.05) is 11.9 Å². The number of nitro groups is 1. The molecule has 1 atom stereocenters. The van der Waals surface area contributed by atoms with E-state index in [0.717, 1.165) is 25.5 Å². The van der Waals surface area contributed by atoms with Crippen molar-refractivity contribution in [1.82, 2.24) is 5.32 Å². The number of aromatic hydroxyl groups is 1. The Hall–Kier alpha value is -2.15. The van der Waals surface area contributed by atoms with Crippen LogP contribution in [-0.2, 0) is 4.79 Å². The number of benzene rings is 1. The smallest absolute Gasteiger partial charge is 0.271 e. The summed E-state index contributed by atoms with van der Waals surface area (Å²) in [5, 5.41) is 25.7. The molecule has 7 heteroatoms. The molecule has 1 unspecified atom stereocenters. The summed E-state index contributed by atoms with van der Waals surface area (Å²) in [6, 6.07) is 3.21. The van der Waals surface area contributed by atoms with E-state index in [2.05, 4.69) is 10.6 Å². The van der Waals surface area contributed by atoms with Gasteiger partial charge in [0.15, 0.2) is 0 Å². The lowest BCUT2D eigenvalue weighted by Crippen LogP contribution is -2.35. The summed E-state index contributed by atoms with van der Waals surface area (Å²) in [4.78, 5) is 21.8. The number of phenolic OH excluding ortho intramolecular Hbond substituents is 1. The van der Waals surface area contributed by atoms with Gasteiger partial charge in [0.1, 0.15) is 5.75 Å². The second-order valence-electron chi connectivity index (χ2n) is 4.10. The highest BCUT2D eigenvalue weighted by Gasteiger charge is 2.23. The first-order valence-corrected chi connectivity index (χ1v) is 5.59. The summed E-state index contributed by atoms with van der Waals surface area (Å²) in [7, 11) is 0. The zero-order valence-electron chi connectivity index (χ0n) is 9.55. The van der Waals surface area contributed by atoms with E-state index in [1.54, 1.807) is 0 Å². The summed E-state index contributed by atoms with van der Waals surface area (Å²) in [5.74, 6) is -0.477. The quantitative estimate of drug-likeness (QED) is 0.422. The lowest BCUT2D eigenvalue weighted by atomic mass is 10.2. The number of nitrogens with zero attached hydrogens (tertiary/aromatic N) is 1. The van der Waals surface area contributed by atoms with Gasteiger partial charge < -0.3 is 15.7 Å². The molecule has 96 valence electrons. The topological polar surface area (TPSA) is 104 Å². The maximum atomic E-state index is 11.8. The Labute approximate surface area is 103 Å². The van der Waals surface area contributed by atoms with Crippen LogP contribution < -0.4 is 10.6 Å². The van der Waals surface area contributed by atoms with E-state index in [9.17, 15) is 20.0 Å². The number of non-ortho nitro benzene ring substituents is 1. The molecular formula is C11H13N3O4. The Balaban J connectivity index is 2.14. The highest BCUT2D eigenvalue weighted by Crippen LogP contribution is 2.28. The molecule has 1 aliphatic heterocycles. The van der Waals surface area contributed by atoms with Crippen LogP contribution in [-0.4, -0.2) is 28.5 Å². The Morgan fingerprint density at radius 2 is 2.33 bits per heavy atom. The fourth-order valence-electron chi connectivity index (χ4n) is 1.87. The molecule has 1 saturated heterocycles. The van der Waals surface area contributed by atoms with Crippen molar-refractivity contribution in [3.05, 3.63) is 28.3 Å². The molecule has 1 heterocycles. The van der Waals surface area contributed by atoms with Crippen LogP contribution in [0.5, 0.6) is 5.75 Å². The molecule has 0 saturated carbocycles. The molecule has 1 amide bonds. The molecule has 1 aromatic rings. The molecule has 3 N–H and O–H groups in total. The molecule has 7 nitrogen and oxygen atoms in total. The molecule has 1 aromatic carbocycles. The predicted octanol–water partition coefficient (Wildman–Crippen LogP) is 0.991. The van der Waals surface area contributed by atoms with Gasteiger partial charge in [0.2, 0.25) is 5.91 Å². The van der Waals surface area contributed by atoms with Crippen molar-refractivity contribution in [2.24, 2.45) is 0 Å². The average molecular weight is 251 g/mol. The molecule has 0 radical (unpaired) electrons. The number of nitrogens with one attached hydrogen (secondary N) is 2. The van der Waals surface area contributed by atoms with Crippen LogP contribution in [0.2, 0.25) is 0 Å². The number of hydrogen-bond acceptors (Lipinski definition) is 5. The first-order chi connectivity index (χ1) is 8.58. The molecule has 1 fully saturated rings. The van der Waals surface area contributed by atoms with Crippen LogP contribution >= 0.6 is 0 Å². The van der Waals surface area contributed by atoms with Crippen LogP contribution in [0.15, 0.2) is 18.2 Å². The summed E-state index contributed by atoms with van der Waals surface area (Å²) in [5.41, 5.74) is -0.120. The van der Waals surface area contributed by atoms with Crippen LogP contribution in [0, 0.1) is 10.1 Å². The largest absolute Gasteiger partial charge is 0.506 e. The fourth-order valence-corrected chi connectivity index (χ4v) is 1.87. The van der Waals surface area contributed by atoms with Crippen molar-refractivity contribution >= 4 is 17.3 Å². The number of anilines is 1. The van der Waals surface area contributed by atoms with Crippen LogP contribution in [0.25, 0.3) is 0 Å². The van der Waals surface area contributed by atoms with Crippen LogP contribution in [0.4, 0.5) is 11.4 Å². The Bertz CT molecular complexity index is 483. The van der Waals surface area contributed by atoms with Gasteiger partial charge in [0.25, 0.3) is 5.69 Å². The van der Waals surface area contributed by atoms with Crippen molar-refractivity contribution in [3.63, 3.8) is 0 Å². The van der Waals surface area contributed by atoms with Crippen molar-refractivity contribution in [1.29, 1.82) is 0 Å². The fraction of sp³-hybridized carbons (Fsp3) is 0.364. The van der Waals surface area contributed by atoms with Gasteiger partial charge in [0, 0.05) is 12.1 Å². The minimum absolute atomic E-state index is 0.0582. The number of carbonyl (C=O) groups excluding carboxylic acids is 1. The van der Waals surface area contributed by atoms with Crippen LogP contribution in [0.1, 0.15) is 12.8 Å². The Morgan fingerprint density at radius 3 is 2.94 bits per heavy atom. The molecule has 18 heavy (non-hydrogen) atoms. The van der Waals surface area contributed by atoms with Crippen molar-refractivity contribution in [2.45, 2.75) is 18.9 Å². The lowest BCUT2D eigenvalue weighted by molar-refractivity contribution is -0.384. The SMILES string of the molecule is O=C(Nc1cc([N+](=O)[O-])ccc1O)C1CCCN1. The Kier molecular flexibility index (Phi) is 3.42. The van der Waals surface area contributed by atoms with E-state index < -0.39 is 4.92 Å². The van der Waals surface area contributed by atoms with Gasteiger partial charge in [-0.15, -0.1) is 0 Å². The highest BCUT2D eigenvalue weighted by atomic mass is 16.6. The van der Waals surface area contributed by atoms with E-state index in [1.165, 1.54) is 12.1 Å². The average Bonchev–Trinajstić information content (AvgIpc) is 2.85. The zero-order chi connectivity index (χ0) is 13.1. The second kappa shape index (κ2) is 5.01. The molecule has 0 aromatic heterocycles. The monoisotopic (exact) mass is 251 g/mol.